The third kappa shape index (κ3) is 1.65. The summed E-state index contributed by atoms with van der Waals surface area (Å²) in [4.78, 5) is 3.09. The first-order valence-electron chi connectivity index (χ1n) is 5.82. The van der Waals surface area contributed by atoms with Crippen LogP contribution in [-0.4, -0.2) is 28.3 Å². The van der Waals surface area contributed by atoms with Gasteiger partial charge in [0.25, 0.3) is 0 Å². The normalized spacial score (nSPS) is 21.1. The van der Waals surface area contributed by atoms with Gasteiger partial charge in [-0.1, -0.05) is 0 Å². The minimum atomic E-state index is 0.571. The van der Waals surface area contributed by atoms with Crippen LogP contribution in [0, 0.1) is 0 Å². The Bertz CT molecular complexity index is 437. The fraction of sp³-hybridized carbons (Fsp3) is 0.417. The molecule has 1 saturated heterocycles. The van der Waals surface area contributed by atoms with Crippen molar-refractivity contribution >= 4 is 0 Å². The fourth-order valence-corrected chi connectivity index (χ4v) is 2.43. The average Bonchev–Trinajstić information content (AvgIpc) is 3.01. The monoisotopic (exact) mass is 216 g/mol. The SMILES string of the molecule is c1cc(-c2cn[nH]c2C2CCCNC2)c[nH]1. The van der Waals surface area contributed by atoms with Crippen molar-refractivity contribution in [3.05, 3.63) is 30.4 Å². The number of piperidine rings is 1. The molecule has 3 heterocycles. The highest BCUT2D eigenvalue weighted by molar-refractivity contribution is 5.65. The van der Waals surface area contributed by atoms with Crippen LogP contribution in [0.15, 0.2) is 24.7 Å². The van der Waals surface area contributed by atoms with E-state index < -0.39 is 0 Å². The standard InChI is InChI=1S/C12H16N4/c1-2-10(7-13-4-1)12-11(8-15-16-12)9-3-5-14-6-9/h3,5-6,8,10,13-14H,1-2,4,7H2,(H,15,16). The van der Waals surface area contributed by atoms with E-state index >= 15 is 0 Å². The number of nitrogens with one attached hydrogen (secondary N) is 3. The molecule has 0 saturated carbocycles. The summed E-state index contributed by atoms with van der Waals surface area (Å²) >= 11 is 0. The molecule has 1 fully saturated rings. The first-order chi connectivity index (χ1) is 7.95. The Hall–Kier alpha value is -1.55. The van der Waals surface area contributed by atoms with Gasteiger partial charge in [0.05, 0.1) is 6.20 Å². The first-order valence-corrected chi connectivity index (χ1v) is 5.82. The van der Waals surface area contributed by atoms with E-state index in [-0.39, 0.29) is 0 Å². The molecule has 0 amide bonds. The van der Waals surface area contributed by atoms with E-state index in [1.165, 1.54) is 29.7 Å². The molecule has 1 aliphatic rings. The van der Waals surface area contributed by atoms with Crippen molar-refractivity contribution in [2.24, 2.45) is 0 Å². The van der Waals surface area contributed by atoms with Crippen molar-refractivity contribution in [3.8, 4) is 11.1 Å². The van der Waals surface area contributed by atoms with Crippen LogP contribution in [0.2, 0.25) is 0 Å². The van der Waals surface area contributed by atoms with Crippen molar-refractivity contribution in [2.45, 2.75) is 18.8 Å². The number of H-pyrrole nitrogens is 2. The van der Waals surface area contributed by atoms with Crippen LogP contribution in [0.1, 0.15) is 24.5 Å². The number of hydrogen-bond donors (Lipinski definition) is 3. The van der Waals surface area contributed by atoms with Gasteiger partial charge in [0, 0.05) is 41.7 Å². The van der Waals surface area contributed by atoms with Crippen LogP contribution in [0.25, 0.3) is 11.1 Å². The first kappa shape index (κ1) is 9.66. The third-order valence-electron chi connectivity index (χ3n) is 3.28. The lowest BCUT2D eigenvalue weighted by Gasteiger charge is -2.22. The third-order valence-corrected chi connectivity index (χ3v) is 3.28. The Balaban J connectivity index is 1.92. The number of rotatable bonds is 2. The molecule has 4 heteroatoms. The maximum absolute atomic E-state index is 4.19. The van der Waals surface area contributed by atoms with Gasteiger partial charge in [-0.2, -0.15) is 5.10 Å². The van der Waals surface area contributed by atoms with Crippen molar-refractivity contribution in [1.29, 1.82) is 0 Å². The van der Waals surface area contributed by atoms with E-state index in [1.54, 1.807) is 0 Å². The van der Waals surface area contributed by atoms with E-state index in [1.807, 2.05) is 18.6 Å². The van der Waals surface area contributed by atoms with E-state index in [4.69, 9.17) is 0 Å². The van der Waals surface area contributed by atoms with Gasteiger partial charge < -0.3 is 10.3 Å². The smallest absolute Gasteiger partial charge is 0.0569 e. The molecule has 1 aliphatic heterocycles. The number of nitrogens with zero attached hydrogens (tertiary/aromatic N) is 1. The Morgan fingerprint density at radius 3 is 3.12 bits per heavy atom. The molecule has 2 aromatic rings. The largest absolute Gasteiger partial charge is 0.367 e. The molecule has 0 aromatic carbocycles. The van der Waals surface area contributed by atoms with E-state index in [0.717, 1.165) is 13.1 Å². The fourth-order valence-electron chi connectivity index (χ4n) is 2.43. The van der Waals surface area contributed by atoms with Crippen molar-refractivity contribution < 1.29 is 0 Å². The zero-order chi connectivity index (χ0) is 10.8. The molecule has 3 N–H and O–H groups in total. The van der Waals surface area contributed by atoms with Gasteiger partial charge in [0.2, 0.25) is 0 Å². The average molecular weight is 216 g/mol. The number of hydrogen-bond acceptors (Lipinski definition) is 2. The summed E-state index contributed by atoms with van der Waals surface area (Å²) < 4.78 is 0. The van der Waals surface area contributed by atoms with Crippen LogP contribution in [0.3, 0.4) is 0 Å². The predicted molar refractivity (Wildman–Crippen MR) is 63.2 cm³/mol. The van der Waals surface area contributed by atoms with Crippen molar-refractivity contribution in [2.75, 3.05) is 13.1 Å². The molecule has 16 heavy (non-hydrogen) atoms. The quantitative estimate of drug-likeness (QED) is 0.717. The Morgan fingerprint density at radius 1 is 1.38 bits per heavy atom. The highest BCUT2D eigenvalue weighted by Crippen LogP contribution is 2.30. The summed E-state index contributed by atoms with van der Waals surface area (Å²) in [7, 11) is 0. The Labute approximate surface area is 94.5 Å². The molecule has 1 atom stereocenters. The second-order valence-electron chi connectivity index (χ2n) is 4.34. The van der Waals surface area contributed by atoms with Gasteiger partial charge >= 0.3 is 0 Å². The molecular weight excluding hydrogens is 200 g/mol. The van der Waals surface area contributed by atoms with Gasteiger partial charge in [0.1, 0.15) is 0 Å². The molecule has 4 nitrogen and oxygen atoms in total. The lowest BCUT2D eigenvalue weighted by atomic mass is 9.92. The summed E-state index contributed by atoms with van der Waals surface area (Å²) in [5.74, 6) is 0.571. The molecule has 3 rings (SSSR count). The highest BCUT2D eigenvalue weighted by atomic mass is 15.1. The zero-order valence-electron chi connectivity index (χ0n) is 9.16. The molecular formula is C12H16N4. The Morgan fingerprint density at radius 2 is 2.38 bits per heavy atom. The summed E-state index contributed by atoms with van der Waals surface area (Å²) in [6.07, 6.45) is 8.38. The summed E-state index contributed by atoms with van der Waals surface area (Å²) in [6, 6.07) is 2.09. The minimum Gasteiger partial charge on any atom is -0.367 e. The molecule has 0 aliphatic carbocycles. The van der Waals surface area contributed by atoms with Gasteiger partial charge in [-0.05, 0) is 25.5 Å². The van der Waals surface area contributed by atoms with Gasteiger partial charge in [0.15, 0.2) is 0 Å². The summed E-state index contributed by atoms with van der Waals surface area (Å²) in [6.45, 7) is 2.20. The van der Waals surface area contributed by atoms with Crippen molar-refractivity contribution in [1.82, 2.24) is 20.5 Å². The molecule has 84 valence electrons. The van der Waals surface area contributed by atoms with E-state index in [9.17, 15) is 0 Å². The second-order valence-corrected chi connectivity index (χ2v) is 4.34. The summed E-state index contributed by atoms with van der Waals surface area (Å²) in [5.41, 5.74) is 3.72. The lowest BCUT2D eigenvalue weighted by Crippen LogP contribution is -2.28. The predicted octanol–water partition coefficient (Wildman–Crippen LogP) is 1.87. The molecule has 0 bridgehead atoms. The number of aromatic amines is 2. The molecule has 2 aromatic heterocycles. The van der Waals surface area contributed by atoms with Crippen LogP contribution in [0.4, 0.5) is 0 Å². The second kappa shape index (κ2) is 4.14. The lowest BCUT2D eigenvalue weighted by molar-refractivity contribution is 0.455. The Kier molecular flexibility index (Phi) is 2.50. The zero-order valence-corrected chi connectivity index (χ0v) is 9.16. The highest BCUT2D eigenvalue weighted by Gasteiger charge is 2.20. The van der Waals surface area contributed by atoms with E-state index in [2.05, 4.69) is 26.6 Å². The van der Waals surface area contributed by atoms with E-state index in [0.29, 0.717) is 5.92 Å². The van der Waals surface area contributed by atoms with Crippen LogP contribution < -0.4 is 5.32 Å². The summed E-state index contributed by atoms with van der Waals surface area (Å²) in [5, 5.41) is 10.8. The van der Waals surface area contributed by atoms with Gasteiger partial charge in [-0.3, -0.25) is 5.10 Å². The van der Waals surface area contributed by atoms with Gasteiger partial charge in [-0.15, -0.1) is 0 Å². The maximum atomic E-state index is 4.19. The molecule has 1 unspecified atom stereocenters. The molecule has 0 radical (unpaired) electrons. The number of aromatic nitrogens is 3. The van der Waals surface area contributed by atoms with Crippen molar-refractivity contribution in [3.63, 3.8) is 0 Å². The van der Waals surface area contributed by atoms with Crippen LogP contribution >= 0.6 is 0 Å². The molecule has 0 spiro atoms. The topological polar surface area (TPSA) is 56.5 Å². The van der Waals surface area contributed by atoms with Crippen LogP contribution in [-0.2, 0) is 0 Å². The van der Waals surface area contributed by atoms with Crippen LogP contribution in [0.5, 0.6) is 0 Å². The maximum Gasteiger partial charge on any atom is 0.0569 e. The minimum absolute atomic E-state index is 0.571. The van der Waals surface area contributed by atoms with Gasteiger partial charge in [-0.25, -0.2) is 0 Å².